The normalized spacial score (nSPS) is 11.6. The van der Waals surface area contributed by atoms with Gasteiger partial charge in [-0.05, 0) is 43.2 Å². The van der Waals surface area contributed by atoms with Crippen LogP contribution in [-0.4, -0.2) is 11.5 Å². The molecule has 1 aromatic carbocycles. The zero-order valence-electron chi connectivity index (χ0n) is 16.0. The Hall–Kier alpha value is -1.41. The summed E-state index contributed by atoms with van der Waals surface area (Å²) in [6.45, 7) is 5.31. The van der Waals surface area contributed by atoms with E-state index in [1.807, 2.05) is 12.2 Å². The topological polar surface area (TPSA) is 12.0 Å². The highest BCUT2D eigenvalue weighted by Gasteiger charge is 1.94. The number of nitrogens with one attached hydrogen (secondary N) is 1. The number of rotatable bonds is 13. The van der Waals surface area contributed by atoms with Crippen molar-refractivity contribution in [3.05, 3.63) is 60.2 Å². The van der Waals surface area contributed by atoms with Gasteiger partial charge in [-0.15, -0.1) is 0 Å². The number of aryl methyl sites for hydroxylation is 1. The smallest absolute Gasteiger partial charge is 0.0988 e. The number of thiocarbonyl (C=S) groups is 1. The SMILES string of the molecule is CC(C)CNC(=S)/C=C/C=C/CCCCCCCCc1ccccc1. The van der Waals surface area contributed by atoms with E-state index >= 15 is 0 Å². The van der Waals surface area contributed by atoms with Crippen LogP contribution < -0.4 is 5.32 Å². The van der Waals surface area contributed by atoms with E-state index in [4.69, 9.17) is 12.2 Å². The molecule has 1 N–H and O–H groups in total. The lowest BCUT2D eigenvalue weighted by Gasteiger charge is -2.06. The fourth-order valence-corrected chi connectivity index (χ4v) is 2.79. The van der Waals surface area contributed by atoms with Crippen LogP contribution in [-0.2, 0) is 6.42 Å². The van der Waals surface area contributed by atoms with Crippen LogP contribution in [0.25, 0.3) is 0 Å². The van der Waals surface area contributed by atoms with Crippen molar-refractivity contribution >= 4 is 17.2 Å². The highest BCUT2D eigenvalue weighted by atomic mass is 32.1. The molecule has 2 heteroatoms. The number of unbranched alkanes of at least 4 members (excludes halogenated alkanes) is 6. The minimum atomic E-state index is 0.625. The minimum Gasteiger partial charge on any atom is -0.376 e. The molecule has 0 bridgehead atoms. The summed E-state index contributed by atoms with van der Waals surface area (Å²) in [5, 5.41) is 3.24. The van der Waals surface area contributed by atoms with Crippen LogP contribution >= 0.6 is 12.2 Å². The van der Waals surface area contributed by atoms with E-state index in [0.717, 1.165) is 11.5 Å². The predicted molar refractivity (Wildman–Crippen MR) is 116 cm³/mol. The fourth-order valence-electron chi connectivity index (χ4n) is 2.62. The van der Waals surface area contributed by atoms with Gasteiger partial charge in [0.25, 0.3) is 0 Å². The third-order valence-corrected chi connectivity index (χ3v) is 4.39. The summed E-state index contributed by atoms with van der Waals surface area (Å²) in [6.07, 6.45) is 18.8. The molecule has 0 aliphatic heterocycles. The van der Waals surface area contributed by atoms with Gasteiger partial charge in [-0.2, -0.15) is 0 Å². The van der Waals surface area contributed by atoms with E-state index < -0.39 is 0 Å². The van der Waals surface area contributed by atoms with Gasteiger partial charge in [-0.3, -0.25) is 0 Å². The Labute approximate surface area is 160 Å². The lowest BCUT2D eigenvalue weighted by atomic mass is 10.0. The van der Waals surface area contributed by atoms with Gasteiger partial charge in [0.15, 0.2) is 0 Å². The summed E-state index contributed by atoms with van der Waals surface area (Å²) in [5.41, 5.74) is 1.47. The maximum Gasteiger partial charge on any atom is 0.0988 e. The van der Waals surface area contributed by atoms with E-state index in [1.165, 1.54) is 56.9 Å². The Morgan fingerprint density at radius 2 is 1.64 bits per heavy atom. The second-order valence-electron chi connectivity index (χ2n) is 7.07. The summed E-state index contributed by atoms with van der Waals surface area (Å²) >= 11 is 5.24. The molecule has 138 valence electrons. The zero-order valence-corrected chi connectivity index (χ0v) is 16.9. The summed E-state index contributed by atoms with van der Waals surface area (Å²) < 4.78 is 0. The predicted octanol–water partition coefficient (Wildman–Crippen LogP) is 6.65. The second-order valence-corrected chi connectivity index (χ2v) is 7.51. The van der Waals surface area contributed by atoms with Crippen LogP contribution in [0.15, 0.2) is 54.6 Å². The first-order valence-electron chi connectivity index (χ1n) is 9.83. The van der Waals surface area contributed by atoms with Crippen molar-refractivity contribution in [3.8, 4) is 0 Å². The molecule has 1 rings (SSSR count). The molecule has 0 aliphatic rings. The van der Waals surface area contributed by atoms with Crippen molar-refractivity contribution in [1.82, 2.24) is 5.32 Å². The molecule has 0 unspecified atom stereocenters. The molecule has 0 radical (unpaired) electrons. The van der Waals surface area contributed by atoms with Gasteiger partial charge in [0.2, 0.25) is 0 Å². The molecular weight excluding hydrogens is 322 g/mol. The van der Waals surface area contributed by atoms with E-state index in [1.54, 1.807) is 0 Å². The number of benzene rings is 1. The van der Waals surface area contributed by atoms with Crippen molar-refractivity contribution in [2.24, 2.45) is 5.92 Å². The molecule has 0 aromatic heterocycles. The molecule has 0 saturated heterocycles. The van der Waals surface area contributed by atoms with E-state index in [-0.39, 0.29) is 0 Å². The van der Waals surface area contributed by atoms with Gasteiger partial charge in [0.1, 0.15) is 0 Å². The zero-order chi connectivity index (χ0) is 18.2. The highest BCUT2D eigenvalue weighted by molar-refractivity contribution is 7.80. The van der Waals surface area contributed by atoms with Crippen LogP contribution in [0, 0.1) is 5.92 Å². The second kappa shape index (κ2) is 14.9. The Bertz CT molecular complexity index is 502. The summed E-state index contributed by atoms with van der Waals surface area (Å²) in [4.78, 5) is 0.828. The molecular formula is C23H35NS. The standard InChI is InChI=1S/C23H35NS/c1-21(2)20-24-23(25)19-15-10-8-6-4-3-5-7-9-12-16-22-17-13-11-14-18-22/h8,10-11,13-15,17-19,21H,3-7,9,12,16,20H2,1-2H3,(H,24,25)/b10-8+,19-15+. The highest BCUT2D eigenvalue weighted by Crippen LogP contribution is 2.10. The average Bonchev–Trinajstić information content (AvgIpc) is 2.61. The van der Waals surface area contributed by atoms with Crippen molar-refractivity contribution < 1.29 is 0 Å². The molecule has 0 aliphatic carbocycles. The first-order chi connectivity index (χ1) is 12.2. The third kappa shape index (κ3) is 13.5. The first-order valence-corrected chi connectivity index (χ1v) is 10.2. The number of hydrogen-bond donors (Lipinski definition) is 1. The Kier molecular flexibility index (Phi) is 12.9. The number of hydrogen-bond acceptors (Lipinski definition) is 1. The molecule has 0 atom stereocenters. The average molecular weight is 358 g/mol. The Balaban J connectivity index is 1.90. The van der Waals surface area contributed by atoms with Crippen molar-refractivity contribution in [2.75, 3.05) is 6.54 Å². The van der Waals surface area contributed by atoms with Gasteiger partial charge in [0, 0.05) is 6.54 Å². The Morgan fingerprint density at radius 3 is 2.36 bits per heavy atom. The van der Waals surface area contributed by atoms with Crippen LogP contribution in [0.3, 0.4) is 0 Å². The van der Waals surface area contributed by atoms with Crippen molar-refractivity contribution in [1.29, 1.82) is 0 Å². The quantitative estimate of drug-likeness (QED) is 0.184. The van der Waals surface area contributed by atoms with Crippen LogP contribution in [0.2, 0.25) is 0 Å². The van der Waals surface area contributed by atoms with E-state index in [2.05, 4.69) is 61.6 Å². The first kappa shape index (κ1) is 21.6. The molecule has 0 amide bonds. The molecule has 0 fully saturated rings. The largest absolute Gasteiger partial charge is 0.376 e. The van der Waals surface area contributed by atoms with Crippen LogP contribution in [0.4, 0.5) is 0 Å². The molecule has 0 saturated carbocycles. The minimum absolute atomic E-state index is 0.625. The van der Waals surface area contributed by atoms with Crippen molar-refractivity contribution in [2.45, 2.75) is 65.2 Å². The van der Waals surface area contributed by atoms with Gasteiger partial charge in [0.05, 0.1) is 4.99 Å². The van der Waals surface area contributed by atoms with Crippen LogP contribution in [0.1, 0.15) is 64.4 Å². The summed E-state index contributed by atoms with van der Waals surface area (Å²) in [5.74, 6) is 0.625. The van der Waals surface area contributed by atoms with Gasteiger partial charge >= 0.3 is 0 Å². The lowest BCUT2D eigenvalue weighted by molar-refractivity contribution is 0.597. The monoisotopic (exact) mass is 357 g/mol. The molecule has 0 heterocycles. The molecule has 0 spiro atoms. The third-order valence-electron chi connectivity index (χ3n) is 4.11. The lowest BCUT2D eigenvalue weighted by Crippen LogP contribution is -2.23. The molecule has 25 heavy (non-hydrogen) atoms. The molecule has 1 nitrogen and oxygen atoms in total. The fraction of sp³-hybridized carbons (Fsp3) is 0.522. The van der Waals surface area contributed by atoms with Crippen molar-refractivity contribution in [3.63, 3.8) is 0 Å². The van der Waals surface area contributed by atoms with Crippen LogP contribution in [0.5, 0.6) is 0 Å². The summed E-state index contributed by atoms with van der Waals surface area (Å²) in [6, 6.07) is 10.8. The van der Waals surface area contributed by atoms with Gasteiger partial charge < -0.3 is 5.32 Å². The van der Waals surface area contributed by atoms with E-state index in [0.29, 0.717) is 5.92 Å². The maximum absolute atomic E-state index is 5.24. The van der Waals surface area contributed by atoms with Gasteiger partial charge in [-0.1, -0.05) is 100 Å². The van der Waals surface area contributed by atoms with E-state index in [9.17, 15) is 0 Å². The number of allylic oxidation sites excluding steroid dienone is 3. The summed E-state index contributed by atoms with van der Waals surface area (Å²) in [7, 11) is 0. The molecule has 1 aromatic rings. The Morgan fingerprint density at radius 1 is 0.960 bits per heavy atom. The van der Waals surface area contributed by atoms with Gasteiger partial charge in [-0.25, -0.2) is 0 Å². The maximum atomic E-state index is 5.24.